The van der Waals surface area contributed by atoms with Gasteiger partial charge in [0.1, 0.15) is 5.75 Å². The van der Waals surface area contributed by atoms with E-state index < -0.39 is 0 Å². The summed E-state index contributed by atoms with van der Waals surface area (Å²) in [7, 11) is 1.63. The number of anilines is 2. The monoisotopic (exact) mass is 509 g/mol. The van der Waals surface area contributed by atoms with E-state index in [2.05, 4.69) is 15.6 Å². The molecule has 1 unspecified atom stereocenters. The second kappa shape index (κ2) is 11.3. The quantitative estimate of drug-likeness (QED) is 0.247. The third kappa shape index (κ3) is 6.05. The topological polar surface area (TPSA) is 80.3 Å². The van der Waals surface area contributed by atoms with Crippen molar-refractivity contribution in [3.8, 4) is 17.0 Å². The minimum atomic E-state index is -0.295. The van der Waals surface area contributed by atoms with Crippen molar-refractivity contribution in [2.24, 2.45) is 0 Å². The molecule has 0 saturated carbocycles. The number of hydrogen-bond acceptors (Lipinski definition) is 7. The summed E-state index contributed by atoms with van der Waals surface area (Å²) in [6.07, 6.45) is 0.652. The van der Waals surface area contributed by atoms with E-state index in [0.717, 1.165) is 21.9 Å². The van der Waals surface area contributed by atoms with Gasteiger partial charge in [0.25, 0.3) is 5.91 Å². The molecular formula is C25H23N3O3S3. The highest BCUT2D eigenvalue weighted by Gasteiger charge is 2.20. The fourth-order valence-electron chi connectivity index (χ4n) is 3.15. The van der Waals surface area contributed by atoms with Crippen LogP contribution in [-0.2, 0) is 4.79 Å². The lowest BCUT2D eigenvalue weighted by atomic mass is 10.2. The van der Waals surface area contributed by atoms with Crippen molar-refractivity contribution in [3.05, 3.63) is 76.3 Å². The first-order chi connectivity index (χ1) is 16.6. The third-order valence-corrected chi connectivity index (χ3v) is 7.88. The van der Waals surface area contributed by atoms with Gasteiger partial charge < -0.3 is 15.4 Å². The summed E-state index contributed by atoms with van der Waals surface area (Å²) in [5.41, 5.74) is 2.46. The molecule has 2 heterocycles. The summed E-state index contributed by atoms with van der Waals surface area (Å²) >= 11 is 4.25. The molecule has 0 spiro atoms. The van der Waals surface area contributed by atoms with Crippen LogP contribution in [0.3, 0.4) is 0 Å². The number of nitrogens with one attached hydrogen (secondary N) is 2. The lowest BCUT2D eigenvalue weighted by Gasteiger charge is -2.14. The number of nitrogens with zero attached hydrogens (tertiary/aromatic N) is 1. The molecule has 4 rings (SSSR count). The number of thiophene rings is 1. The minimum Gasteiger partial charge on any atom is -0.497 e. The first-order valence-electron chi connectivity index (χ1n) is 10.6. The molecular weight excluding hydrogens is 486 g/mol. The van der Waals surface area contributed by atoms with Gasteiger partial charge in [-0.05, 0) is 60.3 Å². The van der Waals surface area contributed by atoms with E-state index in [-0.39, 0.29) is 17.1 Å². The average Bonchev–Trinajstić information content (AvgIpc) is 3.55. The average molecular weight is 510 g/mol. The maximum atomic E-state index is 12.9. The van der Waals surface area contributed by atoms with Gasteiger partial charge in [-0.2, -0.15) is 0 Å². The molecule has 2 aromatic heterocycles. The Bertz CT molecular complexity index is 1250. The Balaban J connectivity index is 1.38. The number of thioether (sulfide) groups is 1. The Hall–Kier alpha value is -3.14. The van der Waals surface area contributed by atoms with Crippen LogP contribution in [0.2, 0.25) is 0 Å². The van der Waals surface area contributed by atoms with Gasteiger partial charge in [-0.3, -0.25) is 9.59 Å². The van der Waals surface area contributed by atoms with Crippen LogP contribution in [0, 0.1) is 0 Å². The van der Waals surface area contributed by atoms with Gasteiger partial charge >= 0.3 is 0 Å². The van der Waals surface area contributed by atoms with Crippen molar-refractivity contribution in [1.29, 1.82) is 0 Å². The van der Waals surface area contributed by atoms with E-state index in [1.165, 1.54) is 34.4 Å². The van der Waals surface area contributed by atoms with E-state index in [4.69, 9.17) is 4.74 Å². The highest BCUT2D eigenvalue weighted by atomic mass is 32.2. The zero-order valence-electron chi connectivity index (χ0n) is 18.6. The second-order valence-corrected chi connectivity index (χ2v) is 10.3. The Morgan fingerprint density at radius 3 is 2.59 bits per heavy atom. The molecule has 4 aromatic rings. The van der Waals surface area contributed by atoms with Gasteiger partial charge in [0.2, 0.25) is 5.91 Å². The van der Waals surface area contributed by atoms with Crippen LogP contribution >= 0.6 is 34.4 Å². The Morgan fingerprint density at radius 2 is 1.88 bits per heavy atom. The summed E-state index contributed by atoms with van der Waals surface area (Å²) < 4.78 is 5.20. The van der Waals surface area contributed by atoms with Crippen LogP contribution in [0.15, 0.2) is 76.3 Å². The number of hydrogen-bond donors (Lipinski definition) is 2. The lowest BCUT2D eigenvalue weighted by molar-refractivity contribution is -0.115. The van der Waals surface area contributed by atoms with E-state index in [1.54, 1.807) is 13.2 Å². The van der Waals surface area contributed by atoms with Crippen molar-refractivity contribution in [2.75, 3.05) is 17.7 Å². The number of ether oxygens (including phenoxy) is 1. The van der Waals surface area contributed by atoms with Gasteiger partial charge in [0.15, 0.2) is 5.13 Å². The highest BCUT2D eigenvalue weighted by Crippen LogP contribution is 2.30. The van der Waals surface area contributed by atoms with Gasteiger partial charge in [0.05, 0.1) is 22.9 Å². The third-order valence-electron chi connectivity index (χ3n) is 4.90. The fraction of sp³-hybridized carbons (Fsp3) is 0.160. The van der Waals surface area contributed by atoms with E-state index >= 15 is 0 Å². The highest BCUT2D eigenvalue weighted by molar-refractivity contribution is 8.00. The molecule has 0 saturated heterocycles. The first-order valence-corrected chi connectivity index (χ1v) is 13.2. The number of methoxy groups -OCH3 is 1. The number of rotatable bonds is 9. The van der Waals surface area contributed by atoms with Crippen LogP contribution in [0.5, 0.6) is 5.75 Å². The van der Waals surface area contributed by atoms with Crippen LogP contribution in [-0.4, -0.2) is 29.2 Å². The Labute approximate surface area is 210 Å². The largest absolute Gasteiger partial charge is 0.497 e. The lowest BCUT2D eigenvalue weighted by Crippen LogP contribution is -2.24. The molecule has 0 aliphatic heterocycles. The van der Waals surface area contributed by atoms with Crippen LogP contribution in [0.1, 0.15) is 23.0 Å². The van der Waals surface area contributed by atoms with Gasteiger partial charge in [-0.1, -0.05) is 19.1 Å². The summed E-state index contributed by atoms with van der Waals surface area (Å²) in [5.74, 6) is 0.542. The molecule has 0 radical (unpaired) electrons. The number of aromatic nitrogens is 1. The molecule has 0 aliphatic rings. The van der Waals surface area contributed by atoms with E-state index in [9.17, 15) is 9.59 Å². The number of benzene rings is 2. The fourth-order valence-corrected chi connectivity index (χ4v) is 5.50. The number of amides is 2. The molecule has 174 valence electrons. The molecule has 0 bridgehead atoms. The molecule has 9 heteroatoms. The van der Waals surface area contributed by atoms with E-state index in [1.807, 2.05) is 72.3 Å². The van der Waals surface area contributed by atoms with Gasteiger partial charge in [0, 0.05) is 21.5 Å². The molecule has 34 heavy (non-hydrogen) atoms. The predicted molar refractivity (Wildman–Crippen MR) is 141 cm³/mol. The zero-order valence-corrected chi connectivity index (χ0v) is 21.1. The summed E-state index contributed by atoms with van der Waals surface area (Å²) in [6.45, 7) is 1.98. The van der Waals surface area contributed by atoms with Crippen molar-refractivity contribution < 1.29 is 14.3 Å². The van der Waals surface area contributed by atoms with Gasteiger partial charge in [-0.15, -0.1) is 34.4 Å². The van der Waals surface area contributed by atoms with Crippen LogP contribution in [0.4, 0.5) is 10.8 Å². The van der Waals surface area contributed by atoms with Crippen molar-refractivity contribution >= 4 is 57.1 Å². The summed E-state index contributed by atoms with van der Waals surface area (Å²) in [5, 5.41) is 9.92. The molecule has 2 aromatic carbocycles. The number of carbonyl (C=O) groups excluding carboxylic acids is 2. The standard InChI is InChI=1S/C25H23N3O3S3/c1-3-21(34-19-7-4-6-17(14-19)26-24(30)22-8-5-13-32-22)23(29)28-25-27-20(15-33-25)16-9-11-18(31-2)12-10-16/h4-15,21H,3H2,1-2H3,(H,26,30)(H,27,28,29). The summed E-state index contributed by atoms with van der Waals surface area (Å²) in [4.78, 5) is 31.4. The molecule has 6 nitrogen and oxygen atoms in total. The second-order valence-electron chi connectivity index (χ2n) is 7.23. The maximum absolute atomic E-state index is 12.9. The minimum absolute atomic E-state index is 0.101. The molecule has 0 aliphatic carbocycles. The molecule has 2 N–H and O–H groups in total. The first kappa shape index (κ1) is 24.0. The van der Waals surface area contributed by atoms with Crippen LogP contribution < -0.4 is 15.4 Å². The van der Waals surface area contributed by atoms with Crippen molar-refractivity contribution in [2.45, 2.75) is 23.5 Å². The molecule has 1 atom stereocenters. The van der Waals surface area contributed by atoms with Crippen molar-refractivity contribution in [1.82, 2.24) is 4.98 Å². The summed E-state index contributed by atoms with van der Waals surface area (Å²) in [6, 6.07) is 18.8. The van der Waals surface area contributed by atoms with Crippen molar-refractivity contribution in [3.63, 3.8) is 0 Å². The Morgan fingerprint density at radius 1 is 1.06 bits per heavy atom. The smallest absolute Gasteiger partial charge is 0.265 e. The normalized spacial score (nSPS) is 11.6. The van der Waals surface area contributed by atoms with Gasteiger partial charge in [-0.25, -0.2) is 4.98 Å². The Kier molecular flexibility index (Phi) is 7.99. The zero-order chi connectivity index (χ0) is 23.9. The SMILES string of the molecule is CCC(Sc1cccc(NC(=O)c2cccs2)c1)C(=O)Nc1nc(-c2ccc(OC)cc2)cs1. The maximum Gasteiger partial charge on any atom is 0.265 e. The molecule has 0 fully saturated rings. The number of thiazole rings is 1. The molecule has 2 amide bonds. The predicted octanol–water partition coefficient (Wildman–Crippen LogP) is 6.64. The van der Waals surface area contributed by atoms with E-state index in [0.29, 0.717) is 22.1 Å². The van der Waals surface area contributed by atoms with Crippen LogP contribution in [0.25, 0.3) is 11.3 Å². The number of carbonyl (C=O) groups is 2.